The van der Waals surface area contributed by atoms with Crippen molar-refractivity contribution in [3.05, 3.63) is 24.5 Å². The highest BCUT2D eigenvalue weighted by Crippen LogP contribution is 2.23. The normalized spacial score (nSPS) is 17.1. The summed E-state index contributed by atoms with van der Waals surface area (Å²) in [4.78, 5) is 18.1. The summed E-state index contributed by atoms with van der Waals surface area (Å²) in [6.07, 6.45) is 6.09. The van der Waals surface area contributed by atoms with E-state index >= 15 is 0 Å². The highest BCUT2D eigenvalue weighted by atomic mass is 16.5. The molecule has 110 valence electrons. The van der Waals surface area contributed by atoms with Crippen molar-refractivity contribution in [3.8, 4) is 5.75 Å². The Kier molecular flexibility index (Phi) is 4.63. The van der Waals surface area contributed by atoms with Crippen molar-refractivity contribution in [3.63, 3.8) is 0 Å². The molecule has 1 fully saturated rings. The third kappa shape index (κ3) is 4.51. The van der Waals surface area contributed by atoms with Crippen molar-refractivity contribution in [2.24, 2.45) is 5.41 Å². The average Bonchev–Trinajstić information content (AvgIpc) is 2.39. The van der Waals surface area contributed by atoms with E-state index in [0.717, 1.165) is 31.7 Å². The zero-order chi connectivity index (χ0) is 14.6. The van der Waals surface area contributed by atoms with Crippen LogP contribution in [0.15, 0.2) is 24.5 Å². The van der Waals surface area contributed by atoms with Gasteiger partial charge in [-0.05, 0) is 17.5 Å². The number of piperidine rings is 1. The quantitative estimate of drug-likeness (QED) is 0.852. The Bertz CT molecular complexity index is 432. The van der Waals surface area contributed by atoms with Crippen LogP contribution in [-0.4, -0.2) is 35.0 Å². The molecule has 0 spiro atoms. The highest BCUT2D eigenvalue weighted by molar-refractivity contribution is 5.76. The van der Waals surface area contributed by atoms with Gasteiger partial charge in [-0.1, -0.05) is 20.8 Å². The summed E-state index contributed by atoms with van der Waals surface area (Å²) in [6, 6.07) is 3.74. The molecule has 4 nitrogen and oxygen atoms in total. The fraction of sp³-hybridized carbons (Fsp3) is 0.625. The number of hydrogen-bond donors (Lipinski definition) is 0. The Morgan fingerprint density at radius 2 is 1.90 bits per heavy atom. The first-order valence-electron chi connectivity index (χ1n) is 7.28. The zero-order valence-corrected chi connectivity index (χ0v) is 12.6. The maximum atomic E-state index is 12.2. The van der Waals surface area contributed by atoms with Crippen molar-refractivity contribution in [2.75, 3.05) is 13.1 Å². The first kappa shape index (κ1) is 14.8. The minimum absolute atomic E-state index is 0.0570. The lowest BCUT2D eigenvalue weighted by Crippen LogP contribution is -2.42. The standard InChI is InChI=1S/C16H24N2O2/c1-16(2,3)12-15(19)18-10-6-14(7-11-18)20-13-4-8-17-9-5-13/h4-5,8-9,14H,6-7,10-12H2,1-3H3. The van der Waals surface area contributed by atoms with Crippen LogP contribution in [0.1, 0.15) is 40.0 Å². The summed E-state index contributed by atoms with van der Waals surface area (Å²) < 4.78 is 5.91. The third-order valence-electron chi connectivity index (χ3n) is 3.43. The molecule has 4 heteroatoms. The predicted molar refractivity (Wildman–Crippen MR) is 78.5 cm³/mol. The number of likely N-dealkylation sites (tertiary alicyclic amines) is 1. The smallest absolute Gasteiger partial charge is 0.223 e. The lowest BCUT2D eigenvalue weighted by atomic mass is 9.91. The van der Waals surface area contributed by atoms with Crippen LogP contribution in [0.4, 0.5) is 0 Å². The van der Waals surface area contributed by atoms with Crippen LogP contribution in [-0.2, 0) is 4.79 Å². The molecule has 0 aliphatic carbocycles. The van der Waals surface area contributed by atoms with E-state index in [1.54, 1.807) is 12.4 Å². The molecule has 1 saturated heterocycles. The zero-order valence-electron chi connectivity index (χ0n) is 12.6. The average molecular weight is 276 g/mol. The fourth-order valence-corrected chi connectivity index (χ4v) is 2.40. The topological polar surface area (TPSA) is 42.4 Å². The lowest BCUT2D eigenvalue weighted by Gasteiger charge is -2.33. The van der Waals surface area contributed by atoms with Crippen molar-refractivity contribution in [1.82, 2.24) is 9.88 Å². The molecule has 0 bridgehead atoms. The van der Waals surface area contributed by atoms with E-state index in [9.17, 15) is 4.79 Å². The largest absolute Gasteiger partial charge is 0.490 e. The Labute approximate surface area is 121 Å². The highest BCUT2D eigenvalue weighted by Gasteiger charge is 2.26. The van der Waals surface area contributed by atoms with Gasteiger partial charge in [-0.15, -0.1) is 0 Å². The van der Waals surface area contributed by atoms with Gasteiger partial charge in [0.05, 0.1) is 0 Å². The Morgan fingerprint density at radius 1 is 1.30 bits per heavy atom. The van der Waals surface area contributed by atoms with Gasteiger partial charge in [-0.25, -0.2) is 0 Å². The van der Waals surface area contributed by atoms with Crippen LogP contribution in [0.25, 0.3) is 0 Å². The third-order valence-corrected chi connectivity index (χ3v) is 3.43. The number of ether oxygens (including phenoxy) is 1. The number of carbonyl (C=O) groups is 1. The van der Waals surface area contributed by atoms with E-state index in [4.69, 9.17) is 4.74 Å². The molecule has 1 amide bonds. The van der Waals surface area contributed by atoms with Crippen LogP contribution in [0.2, 0.25) is 0 Å². The monoisotopic (exact) mass is 276 g/mol. The molecular formula is C16H24N2O2. The molecule has 0 unspecified atom stereocenters. The Hall–Kier alpha value is -1.58. The van der Waals surface area contributed by atoms with Gasteiger partial charge in [-0.3, -0.25) is 9.78 Å². The first-order valence-corrected chi connectivity index (χ1v) is 7.28. The van der Waals surface area contributed by atoms with Crippen LogP contribution in [0.3, 0.4) is 0 Å². The maximum Gasteiger partial charge on any atom is 0.223 e. The van der Waals surface area contributed by atoms with Crippen LogP contribution in [0, 0.1) is 5.41 Å². The molecule has 1 aliphatic heterocycles. The predicted octanol–water partition coefficient (Wildman–Crippen LogP) is 2.89. The lowest BCUT2D eigenvalue weighted by molar-refractivity contribution is -0.134. The summed E-state index contributed by atoms with van der Waals surface area (Å²) in [5.41, 5.74) is 0.0570. The molecule has 20 heavy (non-hydrogen) atoms. The van der Waals surface area contributed by atoms with E-state index in [0.29, 0.717) is 6.42 Å². The summed E-state index contributed by atoms with van der Waals surface area (Å²) >= 11 is 0. The van der Waals surface area contributed by atoms with Crippen LogP contribution in [0.5, 0.6) is 5.75 Å². The first-order chi connectivity index (χ1) is 9.44. The second-order valence-corrected chi connectivity index (χ2v) is 6.62. The fourth-order valence-electron chi connectivity index (χ4n) is 2.40. The van der Waals surface area contributed by atoms with Gasteiger partial charge >= 0.3 is 0 Å². The van der Waals surface area contributed by atoms with Gasteiger partial charge < -0.3 is 9.64 Å². The van der Waals surface area contributed by atoms with Gasteiger partial charge in [0, 0.05) is 44.7 Å². The van der Waals surface area contributed by atoms with Gasteiger partial charge in [0.2, 0.25) is 5.91 Å². The molecule has 0 N–H and O–H groups in total. The van der Waals surface area contributed by atoms with Crippen molar-refractivity contribution < 1.29 is 9.53 Å². The second-order valence-electron chi connectivity index (χ2n) is 6.62. The molecule has 2 heterocycles. The molecule has 0 radical (unpaired) electrons. The van der Waals surface area contributed by atoms with Gasteiger partial charge in [0.15, 0.2) is 0 Å². The number of hydrogen-bond acceptors (Lipinski definition) is 3. The number of rotatable bonds is 3. The summed E-state index contributed by atoms with van der Waals surface area (Å²) in [5.74, 6) is 1.12. The van der Waals surface area contributed by atoms with Crippen molar-refractivity contribution >= 4 is 5.91 Å². The minimum Gasteiger partial charge on any atom is -0.490 e. The van der Waals surface area contributed by atoms with Crippen LogP contribution >= 0.6 is 0 Å². The molecule has 0 aromatic carbocycles. The minimum atomic E-state index is 0.0570. The van der Waals surface area contributed by atoms with Gasteiger partial charge in [0.25, 0.3) is 0 Å². The second kappa shape index (κ2) is 6.25. The number of aromatic nitrogens is 1. The number of carbonyl (C=O) groups excluding carboxylic acids is 1. The maximum absolute atomic E-state index is 12.2. The number of amides is 1. The van der Waals surface area contributed by atoms with E-state index in [1.165, 1.54) is 0 Å². The summed E-state index contributed by atoms with van der Waals surface area (Å²) in [6.45, 7) is 7.90. The molecular weight excluding hydrogens is 252 g/mol. The number of pyridine rings is 1. The van der Waals surface area contributed by atoms with Gasteiger partial charge in [-0.2, -0.15) is 0 Å². The number of nitrogens with zero attached hydrogens (tertiary/aromatic N) is 2. The molecule has 2 rings (SSSR count). The van der Waals surface area contributed by atoms with E-state index < -0.39 is 0 Å². The van der Waals surface area contributed by atoms with Crippen molar-refractivity contribution in [1.29, 1.82) is 0 Å². The Balaban J connectivity index is 1.79. The Morgan fingerprint density at radius 3 is 2.45 bits per heavy atom. The molecule has 1 aliphatic rings. The SMILES string of the molecule is CC(C)(C)CC(=O)N1CCC(Oc2ccncc2)CC1. The molecule has 1 aromatic heterocycles. The summed E-state index contributed by atoms with van der Waals surface area (Å²) in [5, 5.41) is 0. The van der Waals surface area contributed by atoms with Gasteiger partial charge in [0.1, 0.15) is 11.9 Å². The molecule has 0 atom stereocenters. The van der Waals surface area contributed by atoms with Crippen LogP contribution < -0.4 is 4.74 Å². The molecule has 1 aromatic rings. The van der Waals surface area contributed by atoms with Crippen molar-refractivity contribution in [2.45, 2.75) is 46.1 Å². The van der Waals surface area contributed by atoms with E-state index in [1.807, 2.05) is 17.0 Å². The van der Waals surface area contributed by atoms with E-state index in [2.05, 4.69) is 25.8 Å². The van der Waals surface area contributed by atoms with E-state index in [-0.39, 0.29) is 17.4 Å². The summed E-state index contributed by atoms with van der Waals surface area (Å²) in [7, 11) is 0. The molecule has 0 saturated carbocycles.